The molecule has 0 aliphatic rings. The number of benzene rings is 1. The molecule has 1 heterocycles. The molecule has 0 unspecified atom stereocenters. The number of rotatable bonds is 3. The highest BCUT2D eigenvalue weighted by atomic mass is 35.5. The van der Waals surface area contributed by atoms with Gasteiger partial charge in [0.05, 0.1) is 7.11 Å². The molecule has 0 saturated carbocycles. The number of carbonyl (C=O) groups is 1. The normalized spacial score (nSPS) is 10.2. The van der Waals surface area contributed by atoms with Crippen molar-refractivity contribution < 1.29 is 9.53 Å². The van der Waals surface area contributed by atoms with E-state index in [1.54, 1.807) is 6.07 Å². The second-order valence-corrected chi connectivity index (χ2v) is 4.13. The van der Waals surface area contributed by atoms with Crippen LogP contribution in [0.4, 0.5) is 0 Å². The zero-order chi connectivity index (χ0) is 12.3. The van der Waals surface area contributed by atoms with E-state index in [9.17, 15) is 4.79 Å². The molecule has 17 heavy (non-hydrogen) atoms. The second-order valence-electron chi connectivity index (χ2n) is 3.70. The van der Waals surface area contributed by atoms with Gasteiger partial charge >= 0.3 is 5.97 Å². The molecule has 3 nitrogen and oxygen atoms in total. The number of hydrogen-bond acceptors (Lipinski definition) is 2. The Morgan fingerprint density at radius 1 is 1.35 bits per heavy atom. The van der Waals surface area contributed by atoms with E-state index in [0.29, 0.717) is 17.1 Å². The Balaban J connectivity index is 2.14. The number of aromatic nitrogens is 1. The molecule has 0 amide bonds. The molecule has 1 N–H and O–H groups in total. The second kappa shape index (κ2) is 5.06. The summed E-state index contributed by atoms with van der Waals surface area (Å²) in [7, 11) is 1.36. The maximum absolute atomic E-state index is 11.3. The van der Waals surface area contributed by atoms with E-state index in [2.05, 4.69) is 9.72 Å². The third kappa shape index (κ3) is 2.88. The van der Waals surface area contributed by atoms with E-state index in [1.165, 1.54) is 7.11 Å². The average Bonchev–Trinajstić information content (AvgIpc) is 2.76. The monoisotopic (exact) mass is 249 g/mol. The van der Waals surface area contributed by atoms with Gasteiger partial charge in [0, 0.05) is 17.1 Å². The fourth-order valence-electron chi connectivity index (χ4n) is 1.64. The van der Waals surface area contributed by atoms with E-state index in [1.807, 2.05) is 30.3 Å². The van der Waals surface area contributed by atoms with Gasteiger partial charge in [-0.15, -0.1) is 0 Å². The Kier molecular flexibility index (Phi) is 3.49. The highest BCUT2D eigenvalue weighted by molar-refractivity contribution is 6.30. The standard InChI is InChI=1S/C13H12ClNO2/c1-17-13(16)12-6-5-11(15-12)8-9-3-2-4-10(14)7-9/h2-7,15H,8H2,1H3. The summed E-state index contributed by atoms with van der Waals surface area (Å²) in [6, 6.07) is 11.2. The minimum atomic E-state index is -0.359. The molecule has 0 fully saturated rings. The van der Waals surface area contributed by atoms with E-state index >= 15 is 0 Å². The van der Waals surface area contributed by atoms with Crippen molar-refractivity contribution in [3.63, 3.8) is 0 Å². The molecule has 0 atom stereocenters. The largest absolute Gasteiger partial charge is 0.464 e. The number of halogens is 1. The number of methoxy groups -OCH3 is 1. The van der Waals surface area contributed by atoms with Crippen LogP contribution in [0, 0.1) is 0 Å². The molecular weight excluding hydrogens is 238 g/mol. The fourth-order valence-corrected chi connectivity index (χ4v) is 1.85. The summed E-state index contributed by atoms with van der Waals surface area (Å²) < 4.78 is 4.63. The van der Waals surface area contributed by atoms with Crippen molar-refractivity contribution >= 4 is 17.6 Å². The van der Waals surface area contributed by atoms with Gasteiger partial charge in [0.2, 0.25) is 0 Å². The lowest BCUT2D eigenvalue weighted by atomic mass is 10.1. The van der Waals surface area contributed by atoms with Gasteiger partial charge < -0.3 is 9.72 Å². The first-order valence-electron chi connectivity index (χ1n) is 5.19. The Morgan fingerprint density at radius 3 is 2.88 bits per heavy atom. The fraction of sp³-hybridized carbons (Fsp3) is 0.154. The van der Waals surface area contributed by atoms with Crippen molar-refractivity contribution in [2.24, 2.45) is 0 Å². The lowest BCUT2D eigenvalue weighted by Gasteiger charge is -2.00. The molecule has 2 aromatic rings. The Labute approximate surface area is 104 Å². The van der Waals surface area contributed by atoms with Gasteiger partial charge in [-0.05, 0) is 29.8 Å². The molecule has 0 aliphatic heterocycles. The van der Waals surface area contributed by atoms with Gasteiger partial charge in [0.1, 0.15) is 5.69 Å². The highest BCUT2D eigenvalue weighted by Crippen LogP contribution is 2.14. The summed E-state index contributed by atoms with van der Waals surface area (Å²) in [6.45, 7) is 0. The number of carbonyl (C=O) groups excluding carboxylic acids is 1. The first-order chi connectivity index (χ1) is 8.19. The maximum atomic E-state index is 11.3. The van der Waals surface area contributed by atoms with Gasteiger partial charge in [-0.25, -0.2) is 4.79 Å². The number of nitrogens with one attached hydrogen (secondary N) is 1. The average molecular weight is 250 g/mol. The number of esters is 1. The van der Waals surface area contributed by atoms with Gasteiger partial charge in [-0.1, -0.05) is 23.7 Å². The summed E-state index contributed by atoms with van der Waals surface area (Å²) in [5.41, 5.74) is 2.51. The minimum Gasteiger partial charge on any atom is -0.464 e. The molecule has 4 heteroatoms. The van der Waals surface area contributed by atoms with Crippen LogP contribution in [0.25, 0.3) is 0 Å². The van der Waals surface area contributed by atoms with Crippen molar-refractivity contribution in [3.05, 3.63) is 58.4 Å². The molecule has 0 radical (unpaired) electrons. The Hall–Kier alpha value is -1.74. The molecule has 1 aromatic heterocycles. The van der Waals surface area contributed by atoms with Crippen LogP contribution >= 0.6 is 11.6 Å². The topological polar surface area (TPSA) is 42.1 Å². The molecular formula is C13H12ClNO2. The first kappa shape index (κ1) is 11.7. The van der Waals surface area contributed by atoms with Crippen LogP contribution in [0.2, 0.25) is 5.02 Å². The predicted octanol–water partition coefficient (Wildman–Crippen LogP) is 3.05. The molecule has 0 spiro atoms. The van der Waals surface area contributed by atoms with E-state index < -0.39 is 0 Å². The number of ether oxygens (including phenoxy) is 1. The van der Waals surface area contributed by atoms with Gasteiger partial charge in [-0.2, -0.15) is 0 Å². The molecule has 2 rings (SSSR count). The van der Waals surface area contributed by atoms with E-state index in [0.717, 1.165) is 11.3 Å². The first-order valence-corrected chi connectivity index (χ1v) is 5.57. The smallest absolute Gasteiger partial charge is 0.354 e. The van der Waals surface area contributed by atoms with Gasteiger partial charge in [0.15, 0.2) is 0 Å². The third-order valence-corrected chi connectivity index (χ3v) is 2.67. The molecule has 0 saturated heterocycles. The Bertz CT molecular complexity index is 534. The van der Waals surface area contributed by atoms with Crippen molar-refractivity contribution in [2.75, 3.05) is 7.11 Å². The van der Waals surface area contributed by atoms with Crippen molar-refractivity contribution in [1.29, 1.82) is 0 Å². The SMILES string of the molecule is COC(=O)c1ccc(Cc2cccc(Cl)c2)[nH]1. The van der Waals surface area contributed by atoms with Crippen molar-refractivity contribution in [1.82, 2.24) is 4.98 Å². The molecule has 0 bridgehead atoms. The Morgan fingerprint density at radius 2 is 2.18 bits per heavy atom. The summed E-state index contributed by atoms with van der Waals surface area (Å²) in [4.78, 5) is 14.3. The molecule has 0 aliphatic carbocycles. The van der Waals surface area contributed by atoms with Crippen LogP contribution in [0.5, 0.6) is 0 Å². The highest BCUT2D eigenvalue weighted by Gasteiger charge is 2.08. The zero-order valence-corrected chi connectivity index (χ0v) is 10.1. The summed E-state index contributed by atoms with van der Waals surface area (Å²) in [6.07, 6.45) is 0.706. The molecule has 1 aromatic carbocycles. The zero-order valence-electron chi connectivity index (χ0n) is 9.37. The lowest BCUT2D eigenvalue weighted by molar-refractivity contribution is 0.0594. The van der Waals surface area contributed by atoms with Crippen LogP contribution in [0.1, 0.15) is 21.7 Å². The quantitative estimate of drug-likeness (QED) is 0.850. The van der Waals surface area contributed by atoms with Crippen LogP contribution in [-0.4, -0.2) is 18.1 Å². The van der Waals surface area contributed by atoms with E-state index in [4.69, 9.17) is 11.6 Å². The van der Waals surface area contributed by atoms with Crippen LogP contribution in [0.3, 0.4) is 0 Å². The van der Waals surface area contributed by atoms with Crippen LogP contribution in [0.15, 0.2) is 36.4 Å². The minimum absolute atomic E-state index is 0.359. The van der Waals surface area contributed by atoms with Crippen LogP contribution in [-0.2, 0) is 11.2 Å². The summed E-state index contributed by atoms with van der Waals surface area (Å²) >= 11 is 5.90. The molecule has 88 valence electrons. The summed E-state index contributed by atoms with van der Waals surface area (Å²) in [5, 5.41) is 0.710. The lowest BCUT2D eigenvalue weighted by Crippen LogP contribution is -2.01. The van der Waals surface area contributed by atoms with Gasteiger partial charge in [0.25, 0.3) is 0 Å². The number of aromatic amines is 1. The summed E-state index contributed by atoms with van der Waals surface area (Å²) in [5.74, 6) is -0.359. The van der Waals surface area contributed by atoms with Crippen molar-refractivity contribution in [3.8, 4) is 0 Å². The number of hydrogen-bond donors (Lipinski definition) is 1. The van der Waals surface area contributed by atoms with Crippen LogP contribution < -0.4 is 0 Å². The maximum Gasteiger partial charge on any atom is 0.354 e. The third-order valence-electron chi connectivity index (χ3n) is 2.44. The predicted molar refractivity (Wildman–Crippen MR) is 66.4 cm³/mol. The van der Waals surface area contributed by atoms with E-state index in [-0.39, 0.29) is 5.97 Å². The van der Waals surface area contributed by atoms with Crippen molar-refractivity contribution in [2.45, 2.75) is 6.42 Å². The van der Waals surface area contributed by atoms with Gasteiger partial charge in [-0.3, -0.25) is 0 Å². The number of H-pyrrole nitrogens is 1.